The molecule has 0 amide bonds. The predicted molar refractivity (Wildman–Crippen MR) is 269 cm³/mol. The molecule has 0 saturated carbocycles. The van der Waals surface area contributed by atoms with E-state index in [2.05, 4.69) is 27.7 Å². The van der Waals surface area contributed by atoms with E-state index in [0.29, 0.717) is 32.1 Å². The smallest absolute Gasteiger partial charge is 0.0654 e. The summed E-state index contributed by atoms with van der Waals surface area (Å²) in [6.07, 6.45) is 41.4. The molecule has 0 fully saturated rings. The van der Waals surface area contributed by atoms with Gasteiger partial charge in [0.25, 0.3) is 0 Å². The zero-order chi connectivity index (χ0) is 49.3. The molecule has 13 heteroatoms. The van der Waals surface area contributed by atoms with E-state index < -0.39 is 55.4 Å². The van der Waals surface area contributed by atoms with Gasteiger partial charge in [0.1, 0.15) is 0 Å². The van der Waals surface area contributed by atoms with Gasteiger partial charge in [0.05, 0.1) is 0 Å². The van der Waals surface area contributed by atoms with E-state index in [9.17, 15) is 28.8 Å². The number of carbonyl (C=O) groups is 6. The number of unbranched alkanes of at least 4 members (excludes halogenated alkanes) is 30. The molecule has 0 aromatic carbocycles. The average Bonchev–Trinajstić information content (AvgIpc) is 3.31. The Kier molecular flexibility index (Phi) is 45.6. The summed E-state index contributed by atoms with van der Waals surface area (Å²) in [5, 5.41) is 0. The van der Waals surface area contributed by atoms with Crippen LogP contribution in [0.15, 0.2) is 36.5 Å². The fourth-order valence-electron chi connectivity index (χ4n) is 7.39. The Balaban J connectivity index is 5.88. The van der Waals surface area contributed by atoms with Gasteiger partial charge in [-0.15, -0.1) is 0 Å². The van der Waals surface area contributed by atoms with Crippen molar-refractivity contribution in [2.45, 2.75) is 250 Å². The van der Waals surface area contributed by atoms with E-state index in [0.717, 1.165) is 120 Å². The Labute approximate surface area is 412 Å². The zero-order valence-corrected chi connectivity index (χ0v) is 45.6. The molecule has 0 radical (unpaired) electrons. The summed E-state index contributed by atoms with van der Waals surface area (Å²) < 4.78 is 33.1. The van der Waals surface area contributed by atoms with Gasteiger partial charge in [-0.25, -0.2) is 0 Å². The summed E-state index contributed by atoms with van der Waals surface area (Å²) in [6.45, 7) is 9.34. The third-order valence-corrected chi connectivity index (χ3v) is 18.5. The summed E-state index contributed by atoms with van der Waals surface area (Å²) in [4.78, 5) is 77.6. The van der Waals surface area contributed by atoms with Gasteiger partial charge in [-0.1, -0.05) is 78.6 Å². The van der Waals surface area contributed by atoms with Crippen LogP contribution in [0.1, 0.15) is 246 Å². The van der Waals surface area contributed by atoms with Crippen molar-refractivity contribution in [3.8, 4) is 0 Å². The molecular weight excluding hydrogens is 959 g/mol. The first-order valence-electron chi connectivity index (χ1n) is 26.8. The minimum absolute atomic E-state index is 0.0570. The molecule has 0 aliphatic rings. The van der Waals surface area contributed by atoms with Crippen molar-refractivity contribution in [2.24, 2.45) is 0 Å². The van der Waals surface area contributed by atoms with Gasteiger partial charge in [-0.05, 0) is 0 Å². The van der Waals surface area contributed by atoms with Crippen molar-refractivity contribution < 1.29 is 52.2 Å². The maximum absolute atomic E-state index is 13.4. The molecule has 0 heterocycles. The van der Waals surface area contributed by atoms with Crippen molar-refractivity contribution in [2.75, 3.05) is 19.8 Å². The number of hydrogen-bond donors (Lipinski definition) is 0. The van der Waals surface area contributed by atoms with Crippen molar-refractivity contribution in [1.29, 1.82) is 0 Å². The molecule has 67 heavy (non-hydrogen) atoms. The quantitative estimate of drug-likeness (QED) is 0.0187. The standard InChI is InChI=1S/3C14H24O4.C12H25.Sn/c3*1-2-3-4-5-6-7-8-9-12-18-14(17)11-10-13(15)16;1-3-5-7-9-11-12-10-8-6-4-2;/h3*10-11H,2-9,12H2,1H3,(H,15,16);1,3-12H2,2H3;/q;;;;+3/p-3/b3*11-10-;;. The van der Waals surface area contributed by atoms with Crippen LogP contribution in [0.2, 0.25) is 4.44 Å². The molecule has 0 aliphatic heterocycles. The van der Waals surface area contributed by atoms with Crippen LogP contribution < -0.4 is 0 Å². The third-order valence-electron chi connectivity index (χ3n) is 11.4. The van der Waals surface area contributed by atoms with Gasteiger partial charge in [-0.2, -0.15) is 0 Å². The van der Waals surface area contributed by atoms with Crippen LogP contribution >= 0.6 is 0 Å². The molecule has 0 rings (SSSR count). The Morgan fingerprint density at radius 2 is 0.463 bits per heavy atom. The van der Waals surface area contributed by atoms with Crippen LogP contribution in [-0.2, 0) is 52.2 Å². The van der Waals surface area contributed by atoms with Gasteiger partial charge in [-0.3, -0.25) is 0 Å². The maximum atomic E-state index is 13.4. The molecule has 0 unspecified atom stereocenters. The minimum atomic E-state index is -5.63. The van der Waals surface area contributed by atoms with Crippen LogP contribution in [0.4, 0.5) is 0 Å². The van der Waals surface area contributed by atoms with Gasteiger partial charge < -0.3 is 0 Å². The van der Waals surface area contributed by atoms with Crippen LogP contribution in [0.5, 0.6) is 0 Å². The first-order chi connectivity index (χ1) is 32.6. The van der Waals surface area contributed by atoms with E-state index in [4.69, 9.17) is 23.4 Å². The fourth-order valence-corrected chi connectivity index (χ4v) is 13.8. The van der Waals surface area contributed by atoms with Gasteiger partial charge in [0, 0.05) is 0 Å². The normalized spacial score (nSPS) is 11.6. The molecule has 0 spiro atoms. The van der Waals surface area contributed by atoms with Crippen molar-refractivity contribution in [3.05, 3.63) is 36.5 Å². The molecule has 0 N–H and O–H groups in total. The molecule has 0 saturated heterocycles. The molecular formula is C54H94O12Sn. The second kappa shape index (κ2) is 47.9. The first-order valence-corrected chi connectivity index (χ1v) is 32.4. The zero-order valence-electron chi connectivity index (χ0n) is 42.7. The van der Waals surface area contributed by atoms with Crippen molar-refractivity contribution >= 4 is 55.4 Å². The fraction of sp³-hybridized carbons (Fsp3) is 0.778. The second-order valence-electron chi connectivity index (χ2n) is 17.8. The van der Waals surface area contributed by atoms with E-state index in [-0.39, 0.29) is 24.3 Å². The van der Waals surface area contributed by atoms with E-state index in [1.54, 1.807) is 0 Å². The average molecular weight is 1050 g/mol. The molecule has 0 aromatic heterocycles. The summed E-state index contributed by atoms with van der Waals surface area (Å²) in [5.74, 6) is -5.41. The number of hydrogen-bond acceptors (Lipinski definition) is 12. The van der Waals surface area contributed by atoms with Crippen molar-refractivity contribution in [3.63, 3.8) is 0 Å². The van der Waals surface area contributed by atoms with E-state index in [1.807, 2.05) is 0 Å². The number of esters is 3. The second-order valence-corrected chi connectivity index (χ2v) is 24.9. The molecule has 0 aromatic rings. The van der Waals surface area contributed by atoms with Gasteiger partial charge in [0.2, 0.25) is 0 Å². The number of carbonyl (C=O) groups excluding carboxylic acids is 6. The Bertz CT molecular complexity index is 1220. The molecule has 12 nitrogen and oxygen atoms in total. The summed E-state index contributed by atoms with van der Waals surface area (Å²) in [7, 11) is 0. The van der Waals surface area contributed by atoms with Crippen LogP contribution in [0, 0.1) is 0 Å². The van der Waals surface area contributed by atoms with Gasteiger partial charge in [0.15, 0.2) is 0 Å². The van der Waals surface area contributed by atoms with Gasteiger partial charge >= 0.3 is 336 Å². The summed E-state index contributed by atoms with van der Waals surface area (Å²) in [6, 6.07) is 0. The van der Waals surface area contributed by atoms with Crippen LogP contribution in [0.3, 0.4) is 0 Å². The topological polar surface area (TPSA) is 158 Å². The van der Waals surface area contributed by atoms with E-state index in [1.165, 1.54) is 103 Å². The van der Waals surface area contributed by atoms with Crippen LogP contribution in [0.25, 0.3) is 0 Å². The Morgan fingerprint density at radius 3 is 0.701 bits per heavy atom. The molecule has 0 atom stereocenters. The van der Waals surface area contributed by atoms with E-state index >= 15 is 0 Å². The SMILES string of the molecule is CCCCCCCCCCC[CH2][Sn]([O]C(=O)/C=C\C(=O)OCCCCCCCCCC)([O]C(=O)/C=C\C(=O)OCCCCCCCCCC)[O]C(=O)/C=C\C(=O)OCCCCCCCCCC. The minimum Gasteiger partial charge on any atom is -0.0654 e. The van der Waals surface area contributed by atoms with Crippen molar-refractivity contribution in [1.82, 2.24) is 0 Å². The molecule has 0 aliphatic carbocycles. The van der Waals surface area contributed by atoms with Crippen LogP contribution in [-0.4, -0.2) is 75.3 Å². The number of ether oxygens (including phenoxy) is 3. The predicted octanol–water partition coefficient (Wildman–Crippen LogP) is 14.2. The Morgan fingerprint density at radius 1 is 0.269 bits per heavy atom. The monoisotopic (exact) mass is 1050 g/mol. The number of rotatable bonds is 47. The third kappa shape index (κ3) is 43.8. The molecule has 0 bridgehead atoms. The summed E-state index contributed by atoms with van der Waals surface area (Å²) in [5.41, 5.74) is 0. The summed E-state index contributed by atoms with van der Waals surface area (Å²) >= 11 is -5.63. The Hall–Kier alpha value is -3.16. The first kappa shape index (κ1) is 63.8. The molecule has 386 valence electrons.